The third-order valence-electron chi connectivity index (χ3n) is 4.38. The molecule has 0 spiro atoms. The zero-order valence-corrected chi connectivity index (χ0v) is 28.7. The molecular weight excluding hydrogens is 675 g/mol. The monoisotopic (exact) mass is 714 g/mol. The molecule has 0 N–H and O–H groups in total. The maximum absolute atomic E-state index is 10.9. The number of carbonyl (C=O) groups excluding carboxylic acids is 9. The quantitative estimate of drug-likeness (QED) is 0.0380. The summed E-state index contributed by atoms with van der Waals surface area (Å²) in [5, 5.41) is 30.0. The van der Waals surface area contributed by atoms with Crippen LogP contribution in [-0.2, 0) is 71.6 Å². The summed E-state index contributed by atoms with van der Waals surface area (Å²) in [4.78, 5) is 95.1. The van der Waals surface area contributed by atoms with E-state index in [0.29, 0.717) is 0 Å². The molecule has 0 atom stereocenters. The molecule has 18 nitrogen and oxygen atoms in total. The van der Waals surface area contributed by atoms with Gasteiger partial charge in [0, 0.05) is 34.6 Å². The fraction of sp³-hybridized carbons (Fsp3) is 0.500. The molecule has 49 heavy (non-hydrogen) atoms. The number of hydrogen-bond donors (Lipinski definition) is 0. The normalized spacial score (nSPS) is 9.12. The minimum absolute atomic E-state index is 0. The molecule has 0 aromatic carbocycles. The smallest absolute Gasteiger partial charge is 0.550 e. The van der Waals surface area contributed by atoms with Crippen LogP contribution in [0.1, 0.15) is 59.3 Å². The number of ether oxygens (including phenoxy) is 6. The van der Waals surface area contributed by atoms with Crippen LogP contribution in [0.4, 0.5) is 0 Å². The van der Waals surface area contributed by atoms with Crippen LogP contribution in [0.5, 0.6) is 0 Å². The third kappa shape index (κ3) is 39.1. The van der Waals surface area contributed by atoms with E-state index >= 15 is 0 Å². The summed E-state index contributed by atoms with van der Waals surface area (Å²) in [5.41, 5.74) is 0.759. The van der Waals surface area contributed by atoms with Gasteiger partial charge in [-0.2, -0.15) is 0 Å². The molecule has 0 bridgehead atoms. The van der Waals surface area contributed by atoms with Crippen LogP contribution in [0.2, 0.25) is 0 Å². The average molecular weight is 715 g/mol. The van der Waals surface area contributed by atoms with Crippen LogP contribution in [0.3, 0.4) is 0 Å². The van der Waals surface area contributed by atoms with Gasteiger partial charge >= 0.3 is 53.2 Å². The van der Waals surface area contributed by atoms with E-state index in [1.54, 1.807) is 0 Å². The SMILES string of the molecule is C=C(C)C(=O)OCCOC(=O)CCC(=O)[O-].C=C(C)C(=O)OCCOC(=O)CCC(=O)[O-].C=C(C)C(=O)OCCOC(=O)CCC(=O)[O-].[Al+3]. The van der Waals surface area contributed by atoms with Crippen molar-refractivity contribution in [1.29, 1.82) is 0 Å². The molecule has 0 aromatic rings. The maximum Gasteiger partial charge on any atom is 3.00 e. The molecular formula is C30H39AlO18. The summed E-state index contributed by atoms with van der Waals surface area (Å²) >= 11 is 0. The van der Waals surface area contributed by atoms with E-state index in [-0.39, 0.29) is 112 Å². The van der Waals surface area contributed by atoms with E-state index in [1.165, 1.54) is 20.8 Å². The summed E-state index contributed by atoms with van der Waals surface area (Å²) in [6.45, 7) is 14.0. The van der Waals surface area contributed by atoms with Crippen LogP contribution in [0.15, 0.2) is 36.5 Å². The summed E-state index contributed by atoms with van der Waals surface area (Å²) in [7, 11) is 0. The number of carbonyl (C=O) groups is 9. The number of carboxylic acids is 3. The van der Waals surface area contributed by atoms with E-state index in [1.807, 2.05) is 0 Å². The van der Waals surface area contributed by atoms with Crippen molar-refractivity contribution >= 4 is 71.1 Å². The molecule has 0 amide bonds. The van der Waals surface area contributed by atoms with Crippen molar-refractivity contribution in [2.45, 2.75) is 59.3 Å². The first-order chi connectivity index (χ1) is 22.3. The summed E-state index contributed by atoms with van der Waals surface area (Å²) in [6, 6.07) is 0. The van der Waals surface area contributed by atoms with E-state index < -0.39 is 53.7 Å². The number of aliphatic carboxylic acids is 3. The van der Waals surface area contributed by atoms with E-state index in [0.717, 1.165) is 0 Å². The first-order valence-corrected chi connectivity index (χ1v) is 13.8. The molecule has 0 fully saturated rings. The Morgan fingerprint density at radius 3 is 0.735 bits per heavy atom. The Morgan fingerprint density at radius 2 is 0.571 bits per heavy atom. The Morgan fingerprint density at radius 1 is 0.388 bits per heavy atom. The van der Waals surface area contributed by atoms with Gasteiger partial charge in [-0.05, 0) is 40.0 Å². The zero-order valence-electron chi connectivity index (χ0n) is 27.5. The molecule has 0 rings (SSSR count). The van der Waals surface area contributed by atoms with Crippen molar-refractivity contribution in [2.24, 2.45) is 0 Å². The topological polar surface area (TPSA) is 278 Å². The second-order valence-electron chi connectivity index (χ2n) is 9.03. The molecule has 0 aliphatic rings. The summed E-state index contributed by atoms with van der Waals surface area (Å²) in [6.07, 6.45) is -1.91. The number of rotatable bonds is 21. The number of hydrogen-bond acceptors (Lipinski definition) is 18. The molecule has 0 saturated heterocycles. The van der Waals surface area contributed by atoms with Gasteiger partial charge in [-0.3, -0.25) is 14.4 Å². The Hall–Kier alpha value is -5.02. The van der Waals surface area contributed by atoms with Crippen LogP contribution in [0.25, 0.3) is 0 Å². The molecule has 0 aliphatic heterocycles. The fourth-order valence-electron chi connectivity index (χ4n) is 2.07. The van der Waals surface area contributed by atoms with Gasteiger partial charge in [0.25, 0.3) is 0 Å². The van der Waals surface area contributed by atoms with Crippen molar-refractivity contribution in [2.75, 3.05) is 39.6 Å². The Kier molecular flexibility index (Phi) is 32.8. The van der Waals surface area contributed by atoms with E-state index in [4.69, 9.17) is 0 Å². The van der Waals surface area contributed by atoms with Crippen LogP contribution in [0, 0.1) is 0 Å². The van der Waals surface area contributed by atoms with Crippen molar-refractivity contribution in [3.63, 3.8) is 0 Å². The number of esters is 6. The molecule has 19 heteroatoms. The summed E-state index contributed by atoms with van der Waals surface area (Å²) < 4.78 is 27.7. The molecule has 0 saturated carbocycles. The van der Waals surface area contributed by atoms with Crippen molar-refractivity contribution in [1.82, 2.24) is 0 Å². The number of carboxylic acid groups (broad SMARTS) is 3. The van der Waals surface area contributed by atoms with Crippen molar-refractivity contribution < 1.29 is 86.9 Å². The first-order valence-electron chi connectivity index (χ1n) is 13.8. The molecule has 0 radical (unpaired) electrons. The van der Waals surface area contributed by atoms with Crippen molar-refractivity contribution in [3.8, 4) is 0 Å². The van der Waals surface area contributed by atoms with Gasteiger partial charge in [-0.25, -0.2) is 14.4 Å². The second-order valence-corrected chi connectivity index (χ2v) is 9.03. The predicted octanol–water partition coefficient (Wildman–Crippen LogP) is -2.84. The van der Waals surface area contributed by atoms with Crippen LogP contribution < -0.4 is 15.3 Å². The largest absolute Gasteiger partial charge is 3.00 e. The molecule has 0 aromatic heterocycles. The van der Waals surface area contributed by atoms with E-state index in [2.05, 4.69) is 48.2 Å². The molecule has 0 heterocycles. The van der Waals surface area contributed by atoms with Crippen LogP contribution >= 0.6 is 0 Å². The fourth-order valence-corrected chi connectivity index (χ4v) is 2.07. The van der Waals surface area contributed by atoms with Gasteiger partial charge in [0.1, 0.15) is 39.6 Å². The Labute approximate surface area is 293 Å². The predicted molar refractivity (Wildman–Crippen MR) is 159 cm³/mol. The Bertz CT molecular complexity index is 1030. The third-order valence-corrected chi connectivity index (χ3v) is 4.38. The minimum Gasteiger partial charge on any atom is -0.550 e. The minimum atomic E-state index is -1.31. The second kappa shape index (κ2) is 31.6. The zero-order chi connectivity index (χ0) is 37.7. The first kappa shape index (κ1) is 50.8. The maximum atomic E-state index is 10.9. The van der Waals surface area contributed by atoms with Gasteiger partial charge in [0.05, 0.1) is 19.3 Å². The van der Waals surface area contributed by atoms with Crippen LogP contribution in [-0.4, -0.2) is 111 Å². The van der Waals surface area contributed by atoms with Crippen molar-refractivity contribution in [3.05, 3.63) is 36.5 Å². The van der Waals surface area contributed by atoms with Gasteiger partial charge in [0.15, 0.2) is 0 Å². The molecule has 0 unspecified atom stereocenters. The Balaban J connectivity index is -0.000000307. The standard InChI is InChI=1S/3C10H14O6.Al/c3*1-7(2)10(14)16-6-5-15-9(13)4-3-8(11)12;/h3*1,3-6H2,2H3,(H,11,12);/q;;;+3/p-3. The summed E-state index contributed by atoms with van der Waals surface area (Å²) in [5.74, 6) is -7.65. The van der Waals surface area contributed by atoms with E-state index in [9.17, 15) is 58.5 Å². The van der Waals surface area contributed by atoms with Gasteiger partial charge in [0.2, 0.25) is 0 Å². The van der Waals surface area contributed by atoms with Gasteiger partial charge in [-0.15, -0.1) is 0 Å². The molecule has 270 valence electrons. The average Bonchev–Trinajstić information content (AvgIpc) is 3.00. The molecule has 0 aliphatic carbocycles. The van der Waals surface area contributed by atoms with Gasteiger partial charge in [-0.1, -0.05) is 19.7 Å². The van der Waals surface area contributed by atoms with Gasteiger partial charge < -0.3 is 58.1 Å².